The number of rotatable bonds is 2. The molecule has 0 aliphatic carbocycles. The lowest BCUT2D eigenvalue weighted by Crippen LogP contribution is -2.20. The number of hydrogen-bond donors (Lipinski definition) is 2. The summed E-state index contributed by atoms with van der Waals surface area (Å²) in [4.78, 5) is 23.3. The number of anilines is 2. The van der Waals surface area contributed by atoms with Crippen LogP contribution in [0.2, 0.25) is 0 Å². The highest BCUT2D eigenvalue weighted by atomic mass is 32.1. The zero-order valence-corrected chi connectivity index (χ0v) is 10.7. The molecule has 7 heteroatoms. The predicted molar refractivity (Wildman–Crippen MR) is 71.3 cm³/mol. The van der Waals surface area contributed by atoms with Crippen LogP contribution >= 0.6 is 11.5 Å². The molecular weight excluding hydrogens is 264 g/mol. The Labute approximate surface area is 113 Å². The van der Waals surface area contributed by atoms with Gasteiger partial charge in [-0.3, -0.25) is 9.59 Å². The van der Waals surface area contributed by atoms with Crippen LogP contribution in [0.3, 0.4) is 0 Å². The van der Waals surface area contributed by atoms with Gasteiger partial charge in [0, 0.05) is 29.2 Å². The van der Waals surface area contributed by atoms with E-state index in [1.807, 2.05) is 0 Å². The maximum atomic E-state index is 12.0. The van der Waals surface area contributed by atoms with Crippen LogP contribution in [0, 0.1) is 0 Å². The molecule has 0 saturated carbocycles. The van der Waals surface area contributed by atoms with E-state index in [1.165, 1.54) is 6.20 Å². The molecule has 3 rings (SSSR count). The normalized spacial score (nSPS) is 13.6. The summed E-state index contributed by atoms with van der Waals surface area (Å²) in [6, 6.07) is 5.25. The van der Waals surface area contributed by atoms with Gasteiger partial charge in [-0.25, -0.2) is 0 Å². The molecule has 2 amide bonds. The second-order valence-corrected chi connectivity index (χ2v) is 4.94. The second-order valence-electron chi connectivity index (χ2n) is 4.16. The summed E-state index contributed by atoms with van der Waals surface area (Å²) in [6.45, 7) is 0. The maximum Gasteiger partial charge on any atom is 0.256 e. The number of nitrogens with one attached hydrogen (secondary N) is 2. The van der Waals surface area contributed by atoms with Crippen molar-refractivity contribution in [1.29, 1.82) is 0 Å². The number of amides is 2. The summed E-state index contributed by atoms with van der Waals surface area (Å²) in [5.74, 6) is -0.189. The zero-order chi connectivity index (χ0) is 13.2. The highest BCUT2D eigenvalue weighted by Gasteiger charge is 2.16. The van der Waals surface area contributed by atoms with Crippen LogP contribution in [0.25, 0.3) is 0 Å². The van der Waals surface area contributed by atoms with Crippen LogP contribution in [0.5, 0.6) is 0 Å². The average Bonchev–Trinajstić information content (AvgIpc) is 2.91. The lowest BCUT2D eigenvalue weighted by atomic mass is 10.0. The monoisotopic (exact) mass is 274 g/mol. The van der Waals surface area contributed by atoms with E-state index in [0.29, 0.717) is 23.4 Å². The van der Waals surface area contributed by atoms with Gasteiger partial charge in [0.2, 0.25) is 5.91 Å². The summed E-state index contributed by atoms with van der Waals surface area (Å²) in [7, 11) is 0. The highest BCUT2D eigenvalue weighted by Crippen LogP contribution is 2.24. The third-order valence-electron chi connectivity index (χ3n) is 2.86. The van der Waals surface area contributed by atoms with Gasteiger partial charge in [0.05, 0.1) is 6.20 Å². The smallest absolute Gasteiger partial charge is 0.256 e. The number of aryl methyl sites for hydroxylation is 1. The zero-order valence-electron chi connectivity index (χ0n) is 9.84. The van der Waals surface area contributed by atoms with Crippen molar-refractivity contribution in [2.75, 3.05) is 10.6 Å². The van der Waals surface area contributed by atoms with E-state index in [0.717, 1.165) is 22.8 Å². The van der Waals surface area contributed by atoms with Gasteiger partial charge < -0.3 is 10.6 Å². The van der Waals surface area contributed by atoms with Crippen LogP contribution in [0.4, 0.5) is 10.7 Å². The fourth-order valence-electron chi connectivity index (χ4n) is 1.93. The fourth-order valence-corrected chi connectivity index (χ4v) is 2.35. The van der Waals surface area contributed by atoms with Crippen molar-refractivity contribution < 1.29 is 9.59 Å². The maximum absolute atomic E-state index is 12.0. The Morgan fingerprint density at radius 2 is 2.26 bits per heavy atom. The first-order chi connectivity index (χ1) is 9.22. The van der Waals surface area contributed by atoms with Gasteiger partial charge >= 0.3 is 0 Å². The first-order valence-corrected chi connectivity index (χ1v) is 6.51. The number of benzene rings is 1. The number of carbonyl (C=O) groups excluding carboxylic acids is 2. The third-order valence-corrected chi connectivity index (χ3v) is 3.44. The second kappa shape index (κ2) is 4.77. The molecule has 1 aromatic carbocycles. The molecule has 1 aromatic heterocycles. The van der Waals surface area contributed by atoms with Crippen LogP contribution in [-0.2, 0) is 11.2 Å². The molecule has 0 bridgehead atoms. The Bertz CT molecular complexity index is 639. The molecule has 2 N–H and O–H groups in total. The molecule has 2 aromatic rings. The molecule has 0 atom stereocenters. The summed E-state index contributed by atoms with van der Waals surface area (Å²) in [5.41, 5.74) is 2.32. The van der Waals surface area contributed by atoms with E-state index in [1.54, 1.807) is 18.2 Å². The van der Waals surface area contributed by atoms with Gasteiger partial charge in [-0.05, 0) is 30.2 Å². The van der Waals surface area contributed by atoms with Crippen molar-refractivity contribution in [1.82, 2.24) is 9.59 Å². The van der Waals surface area contributed by atoms with Gasteiger partial charge in [0.1, 0.15) is 5.00 Å². The molecule has 1 aliphatic heterocycles. The minimum absolute atomic E-state index is 0.0143. The lowest BCUT2D eigenvalue weighted by Gasteiger charge is -2.17. The molecule has 0 unspecified atom stereocenters. The Balaban J connectivity index is 1.82. The van der Waals surface area contributed by atoms with Gasteiger partial charge in [-0.15, -0.1) is 5.10 Å². The van der Waals surface area contributed by atoms with Crippen molar-refractivity contribution in [2.45, 2.75) is 12.8 Å². The number of nitrogens with zero attached hydrogens (tertiary/aromatic N) is 2. The molecule has 0 radical (unpaired) electrons. The van der Waals surface area contributed by atoms with E-state index in [-0.39, 0.29) is 11.8 Å². The van der Waals surface area contributed by atoms with Crippen LogP contribution in [-0.4, -0.2) is 21.4 Å². The van der Waals surface area contributed by atoms with Crippen molar-refractivity contribution in [3.63, 3.8) is 0 Å². The SMILES string of the molecule is O=C1CCc2cc(C(=O)Nc3cnns3)ccc2N1. The Morgan fingerprint density at radius 1 is 1.37 bits per heavy atom. The van der Waals surface area contributed by atoms with Crippen molar-refractivity contribution in [3.8, 4) is 0 Å². The summed E-state index contributed by atoms with van der Waals surface area (Å²) >= 11 is 1.12. The first-order valence-electron chi connectivity index (χ1n) is 5.74. The molecule has 2 heterocycles. The fraction of sp³-hybridized carbons (Fsp3) is 0.167. The van der Waals surface area contributed by atoms with Gasteiger partial charge in [-0.2, -0.15) is 0 Å². The summed E-state index contributed by atoms with van der Waals surface area (Å²) < 4.78 is 3.68. The van der Waals surface area contributed by atoms with Crippen LogP contribution in [0.1, 0.15) is 22.3 Å². The predicted octanol–water partition coefficient (Wildman–Crippen LogP) is 1.68. The highest BCUT2D eigenvalue weighted by molar-refractivity contribution is 7.10. The summed E-state index contributed by atoms with van der Waals surface area (Å²) in [6.07, 6.45) is 2.61. The van der Waals surface area contributed by atoms with Crippen molar-refractivity contribution >= 4 is 34.0 Å². The Morgan fingerprint density at radius 3 is 3.05 bits per heavy atom. The number of aromatic nitrogens is 2. The number of carbonyl (C=O) groups is 2. The van der Waals surface area contributed by atoms with E-state index >= 15 is 0 Å². The average molecular weight is 274 g/mol. The molecule has 6 nitrogen and oxygen atoms in total. The van der Waals surface area contributed by atoms with Gasteiger partial charge in [0.25, 0.3) is 5.91 Å². The lowest BCUT2D eigenvalue weighted by molar-refractivity contribution is -0.116. The topological polar surface area (TPSA) is 84.0 Å². The molecule has 0 spiro atoms. The largest absolute Gasteiger partial charge is 0.326 e. The standard InChI is InChI=1S/C12H10N4O2S/c17-10-4-2-7-5-8(1-3-9(7)14-10)12(18)15-11-6-13-16-19-11/h1,3,5-6H,2,4H2,(H,14,17)(H,15,18). The van der Waals surface area contributed by atoms with E-state index < -0.39 is 0 Å². The number of hydrogen-bond acceptors (Lipinski definition) is 5. The minimum Gasteiger partial charge on any atom is -0.326 e. The first kappa shape index (κ1) is 11.8. The van der Waals surface area contributed by atoms with E-state index in [9.17, 15) is 9.59 Å². The molecule has 96 valence electrons. The molecule has 0 fully saturated rings. The van der Waals surface area contributed by atoms with Gasteiger partial charge in [0.15, 0.2) is 0 Å². The quantitative estimate of drug-likeness (QED) is 0.872. The molecule has 19 heavy (non-hydrogen) atoms. The minimum atomic E-state index is -0.203. The van der Waals surface area contributed by atoms with Gasteiger partial charge in [-0.1, -0.05) is 4.49 Å². The Kier molecular flexibility index (Phi) is 2.96. The number of fused-ring (bicyclic) bond motifs is 1. The summed E-state index contributed by atoms with van der Waals surface area (Å²) in [5, 5.41) is 9.77. The Hall–Kier alpha value is -2.28. The van der Waals surface area contributed by atoms with E-state index in [4.69, 9.17) is 0 Å². The third kappa shape index (κ3) is 2.45. The molecule has 0 saturated heterocycles. The van der Waals surface area contributed by atoms with Crippen LogP contribution in [0.15, 0.2) is 24.4 Å². The molecule has 1 aliphatic rings. The van der Waals surface area contributed by atoms with Crippen LogP contribution < -0.4 is 10.6 Å². The van der Waals surface area contributed by atoms with Crippen molar-refractivity contribution in [3.05, 3.63) is 35.5 Å². The van der Waals surface area contributed by atoms with Crippen molar-refractivity contribution in [2.24, 2.45) is 0 Å². The molecular formula is C12H10N4O2S. The van der Waals surface area contributed by atoms with E-state index in [2.05, 4.69) is 20.2 Å².